The van der Waals surface area contributed by atoms with E-state index in [4.69, 9.17) is 0 Å². The third-order valence-corrected chi connectivity index (χ3v) is 6.71. The molecule has 0 N–H and O–H groups in total. The third kappa shape index (κ3) is 14.7. The molecule has 19 heavy (non-hydrogen) atoms. The summed E-state index contributed by atoms with van der Waals surface area (Å²) in [5.41, 5.74) is 0. The quantitative estimate of drug-likeness (QED) is 0.216. The van der Waals surface area contributed by atoms with Gasteiger partial charge in [0.2, 0.25) is 0 Å². The Labute approximate surface area is 127 Å². The van der Waals surface area contributed by atoms with E-state index in [-0.39, 0.29) is 0 Å². The number of rotatable bonds is 15. The van der Waals surface area contributed by atoms with Crippen molar-refractivity contribution in [1.29, 1.82) is 0 Å². The van der Waals surface area contributed by atoms with Crippen molar-refractivity contribution in [3.05, 3.63) is 0 Å². The molecule has 0 spiro atoms. The summed E-state index contributed by atoms with van der Waals surface area (Å²) < 4.78 is 0. The van der Waals surface area contributed by atoms with Crippen molar-refractivity contribution in [3.63, 3.8) is 0 Å². The normalized spacial score (nSPS) is 11.8. The maximum absolute atomic E-state index is 2.32. The first-order valence-corrected chi connectivity index (χ1v) is 10.9. The van der Waals surface area contributed by atoms with Crippen molar-refractivity contribution in [3.8, 4) is 0 Å². The molecule has 0 bridgehead atoms. The Balaban J connectivity index is 3.66. The Morgan fingerprint density at radius 1 is 0.421 bits per heavy atom. The summed E-state index contributed by atoms with van der Waals surface area (Å²) in [4.78, 5) is 0. The Morgan fingerprint density at radius 2 is 0.737 bits per heavy atom. The fourth-order valence-corrected chi connectivity index (χ4v) is 5.19. The molecule has 0 atom stereocenters. The van der Waals surface area contributed by atoms with Crippen LogP contribution in [0.15, 0.2) is 0 Å². The summed E-state index contributed by atoms with van der Waals surface area (Å²) in [7, 11) is 0. The van der Waals surface area contributed by atoms with Crippen LogP contribution < -0.4 is 0 Å². The first-order chi connectivity index (χ1) is 9.35. The van der Waals surface area contributed by atoms with Crippen LogP contribution in [0.1, 0.15) is 97.8 Å². The van der Waals surface area contributed by atoms with E-state index in [9.17, 15) is 0 Å². The van der Waals surface area contributed by atoms with Crippen LogP contribution in [-0.4, -0.2) is 0 Å². The first kappa shape index (κ1) is 19.5. The van der Waals surface area contributed by atoms with E-state index in [0.717, 1.165) is 0 Å². The van der Waals surface area contributed by atoms with Crippen LogP contribution in [0, 0.1) is 0 Å². The average molecular weight is 314 g/mol. The van der Waals surface area contributed by atoms with Gasteiger partial charge >= 0.3 is 127 Å². The molecule has 0 aliphatic heterocycles. The van der Waals surface area contributed by atoms with Crippen LogP contribution in [0.25, 0.3) is 0 Å². The van der Waals surface area contributed by atoms with Gasteiger partial charge in [0.25, 0.3) is 0 Å². The second-order valence-corrected chi connectivity index (χ2v) is 8.59. The van der Waals surface area contributed by atoms with Gasteiger partial charge in [0.1, 0.15) is 0 Å². The molecule has 0 saturated heterocycles. The van der Waals surface area contributed by atoms with Gasteiger partial charge in [-0.2, -0.15) is 0 Å². The number of unbranched alkanes of at least 4 members (excludes halogenated alkanes) is 9. The van der Waals surface area contributed by atoms with Crippen LogP contribution in [0.3, 0.4) is 0 Å². The van der Waals surface area contributed by atoms with Gasteiger partial charge in [-0.1, -0.05) is 0 Å². The number of hydrogen-bond donors (Lipinski definition) is 0. The zero-order chi connectivity index (χ0) is 14.2. The molecule has 1 heteroatoms. The Bertz CT molecular complexity index is 127. The summed E-state index contributed by atoms with van der Waals surface area (Å²) in [6.45, 7) is 6.95. The van der Waals surface area contributed by atoms with Crippen molar-refractivity contribution in [2.75, 3.05) is 0 Å². The molecule has 0 radical (unpaired) electrons. The van der Waals surface area contributed by atoms with Crippen LogP contribution in [-0.2, 0) is 13.4 Å². The van der Waals surface area contributed by atoms with Gasteiger partial charge in [-0.3, -0.25) is 0 Å². The van der Waals surface area contributed by atoms with Crippen LogP contribution >= 0.6 is 0 Å². The molecule has 0 amide bonds. The summed E-state index contributed by atoms with van der Waals surface area (Å²) in [6.07, 6.45) is 17.4. The van der Waals surface area contributed by atoms with Crippen molar-refractivity contribution < 1.29 is 13.4 Å². The van der Waals surface area contributed by atoms with E-state index >= 15 is 0 Å². The van der Waals surface area contributed by atoms with Crippen molar-refractivity contribution in [2.24, 2.45) is 0 Å². The van der Waals surface area contributed by atoms with Gasteiger partial charge in [-0.25, -0.2) is 0 Å². The van der Waals surface area contributed by atoms with E-state index in [1.165, 1.54) is 77.0 Å². The minimum atomic E-state index is 0.624. The zero-order valence-electron chi connectivity index (χ0n) is 13.9. The van der Waals surface area contributed by atoms with Crippen molar-refractivity contribution in [2.45, 2.75) is 114 Å². The Hall–Kier alpha value is 0.494. The second-order valence-electron chi connectivity index (χ2n) is 5.63. The van der Waals surface area contributed by atoms with Gasteiger partial charge in [-0.05, 0) is 0 Å². The topological polar surface area (TPSA) is 0 Å². The van der Waals surface area contributed by atoms with Crippen LogP contribution in [0.2, 0.25) is 16.2 Å². The molecular weight excluding hydrogens is 275 g/mol. The summed E-state index contributed by atoms with van der Waals surface area (Å²) in [6, 6.07) is 0. The molecule has 0 unspecified atom stereocenters. The van der Waals surface area contributed by atoms with Crippen molar-refractivity contribution in [1.82, 2.24) is 0 Å². The molecule has 0 heterocycles. The second kappa shape index (κ2) is 16.5. The van der Waals surface area contributed by atoms with Crippen LogP contribution in [0.5, 0.6) is 0 Å². The predicted octanol–water partition coefficient (Wildman–Crippen LogP) is 7.60. The van der Waals surface area contributed by atoms with E-state index in [1.54, 1.807) is 16.2 Å². The van der Waals surface area contributed by atoms with Crippen molar-refractivity contribution >= 4 is 0 Å². The van der Waals surface area contributed by atoms with E-state index in [2.05, 4.69) is 20.8 Å². The first-order valence-electron chi connectivity index (χ1n) is 8.79. The van der Waals surface area contributed by atoms with Gasteiger partial charge in [0.05, 0.1) is 0 Å². The van der Waals surface area contributed by atoms with Gasteiger partial charge < -0.3 is 0 Å². The van der Waals surface area contributed by atoms with Gasteiger partial charge in [0, 0.05) is 0 Å². The molecule has 0 aliphatic rings. The Kier molecular flexibility index (Phi) is 17.0. The van der Waals surface area contributed by atoms with Gasteiger partial charge in [0.15, 0.2) is 0 Å². The summed E-state index contributed by atoms with van der Waals surface area (Å²) in [5.74, 6) is 0. The molecule has 0 fully saturated rings. The molecule has 0 aromatic rings. The fourth-order valence-electron chi connectivity index (χ4n) is 2.23. The predicted molar refractivity (Wildman–Crippen MR) is 86.8 cm³/mol. The average Bonchev–Trinajstić information content (AvgIpc) is 2.43. The molecule has 121 valence electrons. The minimum absolute atomic E-state index is 0.624. The molecular formula is C18H39Ni. The van der Waals surface area contributed by atoms with Gasteiger partial charge in [-0.15, -0.1) is 0 Å². The molecule has 0 saturated carbocycles. The molecule has 0 aliphatic carbocycles. The number of hydrogen-bond acceptors (Lipinski definition) is 0. The third-order valence-electron chi connectivity index (χ3n) is 3.57. The summed E-state index contributed by atoms with van der Waals surface area (Å²) in [5, 5.41) is 4.66. The van der Waals surface area contributed by atoms with E-state index in [1.807, 2.05) is 0 Å². The van der Waals surface area contributed by atoms with Crippen LogP contribution in [0.4, 0.5) is 0 Å². The molecule has 0 aromatic carbocycles. The SMILES string of the molecule is CCCCC[CH2][Ni]([CH2]CCCCC)[CH2]CCCCC. The summed E-state index contributed by atoms with van der Waals surface area (Å²) >= 11 is 0.624. The fraction of sp³-hybridized carbons (Fsp3) is 1.00. The molecule has 0 nitrogen and oxygen atoms in total. The van der Waals surface area contributed by atoms with E-state index < -0.39 is 0 Å². The molecule has 0 rings (SSSR count). The standard InChI is InChI=1S/3C6H13.Ni/c3*1-3-5-6-4-2;/h3*1,3-6H2,2H3;. The van der Waals surface area contributed by atoms with E-state index in [0.29, 0.717) is 13.4 Å². The molecule has 0 aromatic heterocycles. The Morgan fingerprint density at radius 3 is 1.00 bits per heavy atom. The maximum atomic E-state index is 2.32. The monoisotopic (exact) mass is 313 g/mol. The zero-order valence-corrected chi connectivity index (χ0v) is 14.9.